The van der Waals surface area contributed by atoms with Gasteiger partial charge in [0.1, 0.15) is 11.3 Å². The molecular formula is C26H26N4O4. The number of aromatic nitrogens is 3. The lowest BCUT2D eigenvalue weighted by Crippen LogP contribution is -2.23. The Bertz CT molecular complexity index is 1380. The van der Waals surface area contributed by atoms with Crippen molar-refractivity contribution < 1.29 is 19.1 Å². The monoisotopic (exact) mass is 458 g/mol. The van der Waals surface area contributed by atoms with E-state index in [1.54, 1.807) is 6.92 Å². The molecule has 0 bridgehead atoms. The van der Waals surface area contributed by atoms with Crippen molar-refractivity contribution in [1.82, 2.24) is 14.8 Å². The molecule has 0 fully saturated rings. The highest BCUT2D eigenvalue weighted by Crippen LogP contribution is 2.24. The smallest absolute Gasteiger partial charge is 0.343 e. The molecule has 0 saturated carbocycles. The number of ether oxygens (including phenoxy) is 2. The molecule has 4 rings (SSSR count). The number of hydrogen-bond acceptors (Lipinski definition) is 6. The van der Waals surface area contributed by atoms with Crippen LogP contribution in [0.1, 0.15) is 34.0 Å². The Morgan fingerprint density at radius 2 is 1.79 bits per heavy atom. The largest absolute Gasteiger partial charge is 0.484 e. The average Bonchev–Trinajstić information content (AvgIpc) is 3.23. The van der Waals surface area contributed by atoms with Gasteiger partial charge in [0, 0.05) is 5.39 Å². The number of carbonyl (C=O) groups excluding carboxylic acids is 2. The molecule has 0 aliphatic carbocycles. The van der Waals surface area contributed by atoms with Crippen LogP contribution in [0.3, 0.4) is 0 Å². The molecule has 2 aromatic heterocycles. The maximum Gasteiger partial charge on any atom is 0.343 e. The molecule has 2 heterocycles. The summed E-state index contributed by atoms with van der Waals surface area (Å²) in [6.07, 6.45) is 1.37. The number of rotatable bonds is 7. The van der Waals surface area contributed by atoms with E-state index in [0.29, 0.717) is 11.6 Å². The second kappa shape index (κ2) is 9.74. The predicted molar refractivity (Wildman–Crippen MR) is 130 cm³/mol. The first kappa shape index (κ1) is 23.0. The van der Waals surface area contributed by atoms with Crippen molar-refractivity contribution in [3.63, 3.8) is 0 Å². The number of fused-ring (bicyclic) bond motifs is 1. The maximum atomic E-state index is 12.8. The topological polar surface area (TPSA) is 95.3 Å². The summed E-state index contributed by atoms with van der Waals surface area (Å²) in [4.78, 5) is 30.0. The third kappa shape index (κ3) is 4.76. The fourth-order valence-electron chi connectivity index (χ4n) is 3.56. The van der Waals surface area contributed by atoms with Crippen molar-refractivity contribution in [2.24, 2.45) is 0 Å². The Balaban J connectivity index is 1.65. The molecule has 0 atom stereocenters. The third-order valence-electron chi connectivity index (χ3n) is 5.50. The number of nitrogens with one attached hydrogen (secondary N) is 1. The fourth-order valence-corrected chi connectivity index (χ4v) is 3.56. The van der Waals surface area contributed by atoms with Crippen molar-refractivity contribution in [3.8, 4) is 11.6 Å². The number of amides is 1. The number of nitrogens with zero attached hydrogens (tertiary/aromatic N) is 3. The summed E-state index contributed by atoms with van der Waals surface area (Å²) in [7, 11) is 0. The van der Waals surface area contributed by atoms with E-state index in [1.807, 2.05) is 69.3 Å². The van der Waals surface area contributed by atoms with E-state index >= 15 is 0 Å². The fraction of sp³-hybridized carbons (Fsp3) is 0.231. The van der Waals surface area contributed by atoms with E-state index in [0.717, 1.165) is 27.6 Å². The van der Waals surface area contributed by atoms with Crippen LogP contribution in [-0.2, 0) is 9.53 Å². The van der Waals surface area contributed by atoms with Gasteiger partial charge in [-0.2, -0.15) is 9.78 Å². The molecule has 174 valence electrons. The van der Waals surface area contributed by atoms with E-state index in [9.17, 15) is 9.59 Å². The minimum atomic E-state index is -0.586. The van der Waals surface area contributed by atoms with Gasteiger partial charge < -0.3 is 14.8 Å². The van der Waals surface area contributed by atoms with E-state index in [1.165, 1.54) is 10.9 Å². The Morgan fingerprint density at radius 1 is 1.00 bits per heavy atom. The first-order valence-corrected chi connectivity index (χ1v) is 11.0. The van der Waals surface area contributed by atoms with Gasteiger partial charge in [-0.3, -0.25) is 4.79 Å². The van der Waals surface area contributed by atoms with E-state index < -0.39 is 11.9 Å². The van der Waals surface area contributed by atoms with Gasteiger partial charge in [-0.25, -0.2) is 9.78 Å². The zero-order chi connectivity index (χ0) is 24.2. The third-order valence-corrected chi connectivity index (χ3v) is 5.50. The van der Waals surface area contributed by atoms with Crippen LogP contribution in [0.4, 0.5) is 5.82 Å². The Hall–Kier alpha value is -4.20. The lowest BCUT2D eigenvalue weighted by atomic mass is 10.1. The van der Waals surface area contributed by atoms with Gasteiger partial charge >= 0.3 is 5.97 Å². The minimum absolute atomic E-state index is 0.133. The molecule has 34 heavy (non-hydrogen) atoms. The van der Waals surface area contributed by atoms with Crippen LogP contribution in [0.25, 0.3) is 16.7 Å². The summed E-state index contributed by atoms with van der Waals surface area (Å²) in [5.41, 5.74) is 4.11. The van der Waals surface area contributed by atoms with E-state index in [-0.39, 0.29) is 24.6 Å². The number of esters is 1. The lowest BCUT2D eigenvalue weighted by Gasteiger charge is -2.13. The minimum Gasteiger partial charge on any atom is -0.484 e. The van der Waals surface area contributed by atoms with Gasteiger partial charge in [-0.15, -0.1) is 0 Å². The molecule has 1 N–H and O–H groups in total. The number of carbonyl (C=O) groups is 2. The van der Waals surface area contributed by atoms with Gasteiger partial charge in [0.25, 0.3) is 5.91 Å². The van der Waals surface area contributed by atoms with E-state index in [4.69, 9.17) is 9.47 Å². The number of benzene rings is 2. The molecule has 0 saturated heterocycles. The average molecular weight is 459 g/mol. The van der Waals surface area contributed by atoms with Crippen LogP contribution in [0, 0.1) is 20.8 Å². The van der Waals surface area contributed by atoms with Crippen LogP contribution in [0.15, 0.2) is 54.7 Å². The molecular weight excluding hydrogens is 432 g/mol. The maximum absolute atomic E-state index is 12.8. The summed E-state index contributed by atoms with van der Waals surface area (Å²) in [5, 5.41) is 8.10. The molecule has 2 aromatic carbocycles. The summed E-state index contributed by atoms with van der Waals surface area (Å²) >= 11 is 0. The van der Waals surface area contributed by atoms with Gasteiger partial charge in [0.15, 0.2) is 18.2 Å². The summed E-state index contributed by atoms with van der Waals surface area (Å²) < 4.78 is 12.2. The molecule has 4 aromatic rings. The molecule has 0 aliphatic heterocycles. The zero-order valence-electron chi connectivity index (χ0n) is 19.6. The molecule has 0 spiro atoms. The molecule has 0 aliphatic rings. The van der Waals surface area contributed by atoms with Crippen LogP contribution in [-0.4, -0.2) is 39.9 Å². The van der Waals surface area contributed by atoms with Crippen LogP contribution >= 0.6 is 0 Å². The highest BCUT2D eigenvalue weighted by atomic mass is 16.5. The van der Waals surface area contributed by atoms with Crippen molar-refractivity contribution in [1.29, 1.82) is 0 Å². The predicted octanol–water partition coefficient (Wildman–Crippen LogP) is 4.54. The van der Waals surface area contributed by atoms with Gasteiger partial charge in [0.05, 0.1) is 18.3 Å². The highest BCUT2D eigenvalue weighted by Gasteiger charge is 2.22. The normalized spacial score (nSPS) is 10.8. The van der Waals surface area contributed by atoms with Crippen molar-refractivity contribution in [3.05, 3.63) is 77.0 Å². The lowest BCUT2D eigenvalue weighted by molar-refractivity contribution is -0.118. The molecule has 0 unspecified atom stereocenters. The Morgan fingerprint density at radius 3 is 2.56 bits per heavy atom. The van der Waals surface area contributed by atoms with Crippen LogP contribution < -0.4 is 10.1 Å². The Kier molecular flexibility index (Phi) is 6.58. The highest BCUT2D eigenvalue weighted by molar-refractivity contribution is 6.01. The van der Waals surface area contributed by atoms with Crippen molar-refractivity contribution in [2.75, 3.05) is 18.5 Å². The van der Waals surface area contributed by atoms with Crippen molar-refractivity contribution >= 4 is 28.6 Å². The number of aryl methyl sites for hydroxylation is 3. The standard InChI is InChI=1S/C26H26N4O4/c1-5-33-26(32)21-14-27-30(23-13-18(4)20-8-6-7-9-22(20)28-23)25(21)29-24(31)15-34-19-11-10-16(2)17(3)12-19/h6-14H,5,15H2,1-4H3,(H,29,31). The molecule has 0 radical (unpaired) electrons. The van der Waals surface area contributed by atoms with Gasteiger partial charge in [-0.05, 0) is 68.7 Å². The first-order chi connectivity index (χ1) is 16.4. The van der Waals surface area contributed by atoms with Crippen molar-refractivity contribution in [2.45, 2.75) is 27.7 Å². The van der Waals surface area contributed by atoms with Gasteiger partial charge in [0.2, 0.25) is 0 Å². The second-order valence-electron chi connectivity index (χ2n) is 7.94. The quantitative estimate of drug-likeness (QED) is 0.409. The number of hydrogen-bond donors (Lipinski definition) is 1. The van der Waals surface area contributed by atoms with E-state index in [2.05, 4.69) is 15.4 Å². The Labute approximate surface area is 197 Å². The summed E-state index contributed by atoms with van der Waals surface area (Å²) in [5.74, 6) is 0.204. The zero-order valence-corrected chi connectivity index (χ0v) is 19.6. The molecule has 8 heteroatoms. The summed E-state index contributed by atoms with van der Waals surface area (Å²) in [6.45, 7) is 7.63. The molecule has 8 nitrogen and oxygen atoms in total. The SMILES string of the molecule is CCOC(=O)c1cnn(-c2cc(C)c3ccccc3n2)c1NC(=O)COc1ccc(C)c(C)c1. The van der Waals surface area contributed by atoms with Crippen LogP contribution in [0.2, 0.25) is 0 Å². The number of para-hydroxylation sites is 1. The van der Waals surface area contributed by atoms with Crippen LogP contribution in [0.5, 0.6) is 5.75 Å². The molecule has 1 amide bonds. The van der Waals surface area contributed by atoms with Gasteiger partial charge in [-0.1, -0.05) is 24.3 Å². The number of anilines is 1. The second-order valence-corrected chi connectivity index (χ2v) is 7.94. The number of pyridine rings is 1. The summed E-state index contributed by atoms with van der Waals surface area (Å²) in [6, 6.07) is 15.2. The first-order valence-electron chi connectivity index (χ1n) is 11.0.